The van der Waals surface area contributed by atoms with E-state index in [1.54, 1.807) is 6.08 Å². The molecule has 3 saturated heterocycles. The Bertz CT molecular complexity index is 477. The number of alkyl halides is 1. The van der Waals surface area contributed by atoms with Gasteiger partial charge in [0.15, 0.2) is 0 Å². The second-order valence-electron chi connectivity index (χ2n) is 5.23. The Kier molecular flexibility index (Phi) is 3.68. The summed E-state index contributed by atoms with van der Waals surface area (Å²) in [5.74, 6) is 4.06. The van der Waals surface area contributed by atoms with Crippen LogP contribution in [0.1, 0.15) is 19.8 Å². The van der Waals surface area contributed by atoms with Gasteiger partial charge in [0.05, 0.1) is 17.4 Å². The molecule has 0 radical (unpaired) electrons. The molecule has 102 valence electrons. The number of terminal acetylenes is 1. The lowest BCUT2D eigenvalue weighted by molar-refractivity contribution is 0.0690. The topological polar surface area (TPSA) is 18.5 Å². The molecule has 0 aromatic heterocycles. The minimum absolute atomic E-state index is 0.106. The van der Waals surface area contributed by atoms with Crippen LogP contribution in [0.25, 0.3) is 0 Å². The summed E-state index contributed by atoms with van der Waals surface area (Å²) in [5, 5.41) is -0.106. The van der Waals surface area contributed by atoms with Gasteiger partial charge in [0.2, 0.25) is 0 Å². The molecule has 2 bridgehead atoms. The average molecular weight is 344 g/mol. The summed E-state index contributed by atoms with van der Waals surface area (Å²) >= 11 is 10.1. The summed E-state index contributed by atoms with van der Waals surface area (Å²) < 4.78 is 13.2. The second-order valence-corrected chi connectivity index (χ2v) is 6.69. The first kappa shape index (κ1) is 13.5. The van der Waals surface area contributed by atoms with Crippen molar-refractivity contribution >= 4 is 27.5 Å². The van der Waals surface area contributed by atoms with Crippen molar-refractivity contribution in [1.29, 1.82) is 0 Å². The zero-order chi connectivity index (χ0) is 13.6. The Hall–Kier alpha value is -0.430. The van der Waals surface area contributed by atoms with Crippen LogP contribution in [-0.2, 0) is 9.47 Å². The van der Waals surface area contributed by atoms with Gasteiger partial charge in [-0.2, -0.15) is 0 Å². The highest BCUT2D eigenvalue weighted by molar-refractivity contribution is 9.11. The number of halogens is 2. The summed E-state index contributed by atoms with van der Waals surface area (Å²) in [4.78, 5) is 0. The Balaban J connectivity index is 1.91. The molecule has 0 saturated carbocycles. The average Bonchev–Trinajstić information content (AvgIpc) is 3.02. The molecular formula is C15H16BrClO2. The maximum Gasteiger partial charge on any atom is 0.128 e. The molecule has 3 heterocycles. The predicted molar refractivity (Wildman–Crippen MR) is 79.0 cm³/mol. The first-order valence-electron chi connectivity index (χ1n) is 6.64. The van der Waals surface area contributed by atoms with E-state index in [4.69, 9.17) is 27.5 Å². The normalized spacial score (nSPS) is 43.4. The summed E-state index contributed by atoms with van der Waals surface area (Å²) in [6.07, 6.45) is 11.3. The van der Waals surface area contributed by atoms with Crippen LogP contribution in [0.4, 0.5) is 0 Å². The fraction of sp³-hybridized carbons (Fsp3) is 0.600. The number of ether oxygens (including phenoxy) is 2. The van der Waals surface area contributed by atoms with Gasteiger partial charge in [-0.3, -0.25) is 0 Å². The standard InChI is InChI=1S/C15H16BrClO2/c1-3-5-6-9(17)12-10-7-11-15(18-10)13(12)14(19-11)8(16)4-2/h1,5-6,9-13,15H,4,7H2,2H3/b6-5+,14-8-/t9-,10-,11-,12+,13-,15+/m0/s1. The van der Waals surface area contributed by atoms with Crippen LogP contribution in [0, 0.1) is 24.2 Å². The molecule has 0 aliphatic carbocycles. The molecule has 0 aromatic carbocycles. The van der Waals surface area contributed by atoms with Crippen LogP contribution in [0.3, 0.4) is 0 Å². The molecule has 0 aromatic rings. The van der Waals surface area contributed by atoms with Gasteiger partial charge in [-0.05, 0) is 12.5 Å². The van der Waals surface area contributed by atoms with Gasteiger partial charge in [-0.15, -0.1) is 18.0 Å². The van der Waals surface area contributed by atoms with Crippen LogP contribution < -0.4 is 0 Å². The fourth-order valence-electron chi connectivity index (χ4n) is 3.50. The van der Waals surface area contributed by atoms with Crippen molar-refractivity contribution in [3.63, 3.8) is 0 Å². The van der Waals surface area contributed by atoms with Gasteiger partial charge in [0, 0.05) is 16.8 Å². The number of hydrogen-bond acceptors (Lipinski definition) is 2. The SMILES string of the molecule is C#C/C=C/[C@H](Cl)[C@H]1[C@H]2/C(=C(/Br)CC)O[C@H]3C[C@@H]1O[C@@H]23. The molecule has 3 fully saturated rings. The second kappa shape index (κ2) is 5.16. The van der Waals surface area contributed by atoms with Gasteiger partial charge < -0.3 is 9.47 Å². The van der Waals surface area contributed by atoms with Crippen LogP contribution in [-0.4, -0.2) is 23.7 Å². The lowest BCUT2D eigenvalue weighted by Gasteiger charge is -2.25. The van der Waals surface area contributed by atoms with E-state index in [9.17, 15) is 0 Å². The maximum absolute atomic E-state index is 6.51. The largest absolute Gasteiger partial charge is 0.491 e. The molecule has 2 nitrogen and oxygen atoms in total. The van der Waals surface area contributed by atoms with E-state index >= 15 is 0 Å². The molecule has 3 aliphatic heterocycles. The van der Waals surface area contributed by atoms with Gasteiger partial charge in [0.1, 0.15) is 18.0 Å². The quantitative estimate of drug-likeness (QED) is 0.576. The molecular weight excluding hydrogens is 328 g/mol. The Morgan fingerprint density at radius 3 is 3.11 bits per heavy atom. The lowest BCUT2D eigenvalue weighted by atomic mass is 9.77. The van der Waals surface area contributed by atoms with Gasteiger partial charge in [-0.1, -0.05) is 34.9 Å². The van der Waals surface area contributed by atoms with Crippen molar-refractivity contribution in [3.05, 3.63) is 22.4 Å². The fourth-order valence-corrected chi connectivity index (χ4v) is 4.25. The minimum atomic E-state index is -0.106. The van der Waals surface area contributed by atoms with Crippen LogP contribution >= 0.6 is 27.5 Å². The van der Waals surface area contributed by atoms with E-state index in [1.807, 2.05) is 6.08 Å². The predicted octanol–water partition coefficient (Wildman–Crippen LogP) is 3.60. The zero-order valence-corrected chi connectivity index (χ0v) is 13.0. The molecule has 19 heavy (non-hydrogen) atoms. The third-order valence-corrected chi connectivity index (χ3v) is 5.65. The highest BCUT2D eigenvalue weighted by Crippen LogP contribution is 2.56. The monoisotopic (exact) mass is 342 g/mol. The van der Waals surface area contributed by atoms with E-state index in [0.717, 1.165) is 23.1 Å². The highest BCUT2D eigenvalue weighted by atomic mass is 79.9. The van der Waals surface area contributed by atoms with Crippen molar-refractivity contribution in [2.75, 3.05) is 0 Å². The Labute approximate surface area is 127 Å². The maximum atomic E-state index is 6.51. The van der Waals surface area contributed by atoms with E-state index < -0.39 is 0 Å². The van der Waals surface area contributed by atoms with E-state index in [1.165, 1.54) is 0 Å². The molecule has 3 aliphatic rings. The van der Waals surface area contributed by atoms with E-state index in [2.05, 4.69) is 28.8 Å². The lowest BCUT2D eigenvalue weighted by Crippen LogP contribution is -2.34. The summed E-state index contributed by atoms with van der Waals surface area (Å²) in [7, 11) is 0. The minimum Gasteiger partial charge on any atom is -0.491 e. The van der Waals surface area contributed by atoms with Gasteiger partial charge in [0.25, 0.3) is 0 Å². The van der Waals surface area contributed by atoms with Gasteiger partial charge >= 0.3 is 0 Å². The van der Waals surface area contributed by atoms with Crippen molar-refractivity contribution in [2.45, 2.75) is 43.5 Å². The molecule has 4 heteroatoms. The Morgan fingerprint density at radius 1 is 1.63 bits per heavy atom. The number of rotatable bonds is 3. The highest BCUT2D eigenvalue weighted by Gasteiger charge is 2.63. The first-order chi connectivity index (χ1) is 9.17. The molecule has 0 amide bonds. The van der Waals surface area contributed by atoms with Gasteiger partial charge in [-0.25, -0.2) is 0 Å². The van der Waals surface area contributed by atoms with E-state index in [-0.39, 0.29) is 35.5 Å². The Morgan fingerprint density at radius 2 is 2.42 bits per heavy atom. The van der Waals surface area contributed by atoms with Crippen LogP contribution in [0.15, 0.2) is 22.4 Å². The molecule has 0 N–H and O–H groups in total. The zero-order valence-electron chi connectivity index (χ0n) is 10.7. The molecule has 0 spiro atoms. The first-order valence-corrected chi connectivity index (χ1v) is 7.87. The van der Waals surface area contributed by atoms with Crippen LogP contribution in [0.5, 0.6) is 0 Å². The smallest absolute Gasteiger partial charge is 0.128 e. The summed E-state index contributed by atoms with van der Waals surface area (Å²) in [6.45, 7) is 2.11. The number of fused-ring (bicyclic) bond motifs is 1. The van der Waals surface area contributed by atoms with Crippen molar-refractivity contribution in [2.24, 2.45) is 11.8 Å². The third-order valence-electron chi connectivity index (χ3n) is 4.26. The summed E-state index contributed by atoms with van der Waals surface area (Å²) in [5.41, 5.74) is 0. The number of hydrogen-bond donors (Lipinski definition) is 0. The van der Waals surface area contributed by atoms with Crippen molar-refractivity contribution < 1.29 is 9.47 Å². The molecule has 3 rings (SSSR count). The summed E-state index contributed by atoms with van der Waals surface area (Å²) in [6, 6.07) is 0. The molecule has 0 unspecified atom stereocenters. The van der Waals surface area contributed by atoms with E-state index in [0.29, 0.717) is 0 Å². The molecule has 6 atom stereocenters. The van der Waals surface area contributed by atoms with Crippen molar-refractivity contribution in [1.82, 2.24) is 0 Å². The van der Waals surface area contributed by atoms with Crippen LogP contribution in [0.2, 0.25) is 0 Å². The van der Waals surface area contributed by atoms with Crippen molar-refractivity contribution in [3.8, 4) is 12.3 Å². The third kappa shape index (κ3) is 2.05. The number of allylic oxidation sites excluding steroid dienone is 3.